The fourth-order valence-corrected chi connectivity index (χ4v) is 8.19. The smallest absolute Gasteiger partial charge is 0.235 e. The molecular formula is C25H33N3O5. The Morgan fingerprint density at radius 3 is 2.73 bits per heavy atom. The molecule has 4 aliphatic heterocycles. The number of amides is 1. The van der Waals surface area contributed by atoms with Crippen molar-refractivity contribution in [3.8, 4) is 5.75 Å². The molecule has 0 aromatic heterocycles. The van der Waals surface area contributed by atoms with Crippen LogP contribution in [0.25, 0.3) is 0 Å². The van der Waals surface area contributed by atoms with E-state index < -0.39 is 27.2 Å². The SMILES string of the molecule is CC1(C)CC(=O)c2c(ccc3c2NC(=O)C32CC3([NH+]([O-])O)CN4CCCC4CC3C2(C)C)O1. The first-order valence-electron chi connectivity index (χ1n) is 12.1. The maximum Gasteiger partial charge on any atom is 0.235 e. The molecule has 1 aromatic rings. The molecule has 8 heteroatoms. The minimum Gasteiger partial charge on any atom is -0.600 e. The lowest BCUT2D eigenvalue weighted by Gasteiger charge is -2.50. The molecule has 5 unspecified atom stereocenters. The predicted molar refractivity (Wildman–Crippen MR) is 120 cm³/mol. The maximum atomic E-state index is 13.9. The van der Waals surface area contributed by atoms with Gasteiger partial charge >= 0.3 is 0 Å². The zero-order chi connectivity index (χ0) is 23.6. The van der Waals surface area contributed by atoms with Gasteiger partial charge in [0.25, 0.3) is 0 Å². The highest BCUT2D eigenvalue weighted by Crippen LogP contribution is 2.67. The van der Waals surface area contributed by atoms with Crippen LogP contribution in [0.4, 0.5) is 5.69 Å². The molecule has 0 radical (unpaired) electrons. The fraction of sp³-hybridized carbons (Fsp3) is 0.680. The third-order valence-corrected chi connectivity index (χ3v) is 9.64. The van der Waals surface area contributed by atoms with Crippen LogP contribution in [-0.4, -0.2) is 52.1 Å². The zero-order valence-electron chi connectivity index (χ0n) is 19.8. The van der Waals surface area contributed by atoms with Gasteiger partial charge in [-0.15, -0.1) is 0 Å². The summed E-state index contributed by atoms with van der Waals surface area (Å²) < 4.78 is 6.08. The summed E-state index contributed by atoms with van der Waals surface area (Å²) in [6, 6.07) is 4.09. The lowest BCUT2D eigenvalue weighted by atomic mass is 9.60. The Hall–Kier alpha value is -2.00. The second-order valence-corrected chi connectivity index (χ2v) is 12.1. The lowest BCUT2D eigenvalue weighted by molar-refractivity contribution is -1.09. The molecule has 4 heterocycles. The molecule has 1 amide bonds. The summed E-state index contributed by atoms with van der Waals surface area (Å²) in [7, 11) is 0. The topological polar surface area (TPSA) is 106 Å². The molecule has 3 fully saturated rings. The van der Waals surface area contributed by atoms with Crippen LogP contribution in [0.5, 0.6) is 5.75 Å². The van der Waals surface area contributed by atoms with Gasteiger partial charge in [0.2, 0.25) is 5.91 Å². The van der Waals surface area contributed by atoms with Crippen molar-refractivity contribution in [3.63, 3.8) is 0 Å². The summed E-state index contributed by atoms with van der Waals surface area (Å²) in [6.07, 6.45) is 3.49. The third kappa shape index (κ3) is 2.50. The van der Waals surface area contributed by atoms with Gasteiger partial charge in [-0.1, -0.05) is 19.9 Å². The molecule has 33 heavy (non-hydrogen) atoms. The predicted octanol–water partition coefficient (Wildman–Crippen LogP) is 2.05. The van der Waals surface area contributed by atoms with Crippen molar-refractivity contribution in [3.05, 3.63) is 28.5 Å². The van der Waals surface area contributed by atoms with Crippen LogP contribution in [0.3, 0.4) is 0 Å². The summed E-state index contributed by atoms with van der Waals surface area (Å²) >= 11 is 0. The van der Waals surface area contributed by atoms with Crippen LogP contribution >= 0.6 is 0 Å². The summed E-state index contributed by atoms with van der Waals surface area (Å²) in [5.74, 6) is 0.149. The molecule has 1 spiro atoms. The van der Waals surface area contributed by atoms with Crippen molar-refractivity contribution in [2.24, 2.45) is 11.3 Å². The minimum absolute atomic E-state index is 0.0442. The molecule has 2 saturated heterocycles. The van der Waals surface area contributed by atoms with E-state index in [1.165, 1.54) is 0 Å². The van der Waals surface area contributed by atoms with E-state index in [0.29, 0.717) is 29.6 Å². The normalized spacial score (nSPS) is 38.8. The maximum absolute atomic E-state index is 13.9. The zero-order valence-corrected chi connectivity index (χ0v) is 19.8. The standard InChI is InChI=1S/C25H33N3O5/c1-22(2)11-16(29)19-17(33-22)8-7-15-20(19)26-21(30)25(15)12-24(28(31)32)13-27-9-5-6-14(27)10-18(24)23(25,3)4/h7-8,14,18,28,31H,5-6,9-13H2,1-4H3,(H,26,30). The largest absolute Gasteiger partial charge is 0.600 e. The molecule has 178 valence electrons. The van der Waals surface area contributed by atoms with E-state index in [1.54, 1.807) is 6.07 Å². The monoisotopic (exact) mass is 455 g/mol. The van der Waals surface area contributed by atoms with E-state index in [4.69, 9.17) is 4.74 Å². The van der Waals surface area contributed by atoms with Gasteiger partial charge in [-0.05, 0) is 56.7 Å². The van der Waals surface area contributed by atoms with E-state index in [9.17, 15) is 20.0 Å². The molecule has 6 rings (SSSR count). The fourth-order valence-electron chi connectivity index (χ4n) is 8.19. The van der Waals surface area contributed by atoms with Gasteiger partial charge in [0.1, 0.15) is 16.9 Å². The Morgan fingerprint density at radius 2 is 2.00 bits per heavy atom. The van der Waals surface area contributed by atoms with Crippen LogP contribution in [-0.2, 0) is 10.2 Å². The van der Waals surface area contributed by atoms with Gasteiger partial charge in [0.05, 0.1) is 29.6 Å². The van der Waals surface area contributed by atoms with Crippen molar-refractivity contribution in [1.82, 2.24) is 4.90 Å². The van der Waals surface area contributed by atoms with Crippen molar-refractivity contribution in [1.29, 1.82) is 0 Å². The number of benzene rings is 1. The number of hydrogen-bond acceptors (Lipinski definition) is 6. The highest BCUT2D eigenvalue weighted by Gasteiger charge is 2.75. The minimum atomic E-state index is -0.993. The molecule has 5 aliphatic rings. The Labute approximate surface area is 193 Å². The molecule has 5 atom stereocenters. The first-order chi connectivity index (χ1) is 15.4. The summed E-state index contributed by atoms with van der Waals surface area (Å²) in [5.41, 5.74) is -1.42. The van der Waals surface area contributed by atoms with Gasteiger partial charge in [-0.25, -0.2) is 10.4 Å². The first-order valence-corrected chi connectivity index (χ1v) is 12.1. The molecule has 0 bridgehead atoms. The number of rotatable bonds is 1. The molecule has 1 aromatic carbocycles. The number of nitrogens with one attached hydrogen (secondary N) is 2. The van der Waals surface area contributed by atoms with Crippen LogP contribution in [0.1, 0.15) is 75.7 Å². The number of piperidine rings is 1. The summed E-state index contributed by atoms with van der Waals surface area (Å²) in [6.45, 7) is 9.33. The summed E-state index contributed by atoms with van der Waals surface area (Å²) in [4.78, 5) is 29.4. The molecule has 8 nitrogen and oxygen atoms in total. The molecular weight excluding hydrogens is 422 g/mol. The first kappa shape index (κ1) is 21.5. The van der Waals surface area contributed by atoms with E-state index in [2.05, 4.69) is 24.1 Å². The number of hydroxylamine groups is 2. The van der Waals surface area contributed by atoms with Crippen LogP contribution in [0.2, 0.25) is 0 Å². The quantitative estimate of drug-likeness (QED) is 0.560. The highest BCUT2D eigenvalue weighted by atomic mass is 16.8. The Bertz CT molecular complexity index is 1080. The van der Waals surface area contributed by atoms with Gasteiger partial charge in [-0.2, -0.15) is 0 Å². The van der Waals surface area contributed by atoms with Gasteiger partial charge < -0.3 is 15.3 Å². The van der Waals surface area contributed by atoms with Crippen molar-refractivity contribution in [2.75, 3.05) is 18.4 Å². The summed E-state index contributed by atoms with van der Waals surface area (Å²) in [5, 5.41) is 25.7. The van der Waals surface area contributed by atoms with Crippen LogP contribution in [0, 0.1) is 16.5 Å². The van der Waals surface area contributed by atoms with E-state index in [-0.39, 0.29) is 30.4 Å². The third-order valence-electron chi connectivity index (χ3n) is 9.64. The van der Waals surface area contributed by atoms with Gasteiger partial charge in [0.15, 0.2) is 5.78 Å². The van der Waals surface area contributed by atoms with E-state index >= 15 is 0 Å². The number of anilines is 1. The van der Waals surface area contributed by atoms with Crippen molar-refractivity contribution >= 4 is 17.4 Å². The average molecular weight is 456 g/mol. The van der Waals surface area contributed by atoms with Crippen LogP contribution < -0.4 is 15.3 Å². The number of ketones is 1. The van der Waals surface area contributed by atoms with Gasteiger partial charge in [-0.3, -0.25) is 14.5 Å². The number of carbonyl (C=O) groups is 2. The van der Waals surface area contributed by atoms with Crippen molar-refractivity contribution < 1.29 is 24.8 Å². The van der Waals surface area contributed by atoms with Crippen LogP contribution in [0.15, 0.2) is 12.1 Å². The number of ether oxygens (including phenoxy) is 1. The Morgan fingerprint density at radius 1 is 1.24 bits per heavy atom. The second kappa shape index (κ2) is 6.36. The lowest BCUT2D eigenvalue weighted by Crippen LogP contribution is -3.16. The molecule has 1 aliphatic carbocycles. The van der Waals surface area contributed by atoms with E-state index in [0.717, 1.165) is 31.4 Å². The van der Waals surface area contributed by atoms with E-state index in [1.807, 2.05) is 19.9 Å². The van der Waals surface area contributed by atoms with Crippen molar-refractivity contribution in [2.45, 2.75) is 82.4 Å². The highest BCUT2D eigenvalue weighted by molar-refractivity contribution is 6.15. The average Bonchev–Trinajstić information content (AvgIpc) is 3.33. The number of Topliss-reactive ketones (excluding diaryl/α,β-unsaturated/α-hetero) is 1. The Balaban J connectivity index is 1.53. The number of quaternary nitrogens is 1. The number of hydrogen-bond donors (Lipinski definition) is 3. The number of fused-ring (bicyclic) bond motifs is 6. The van der Waals surface area contributed by atoms with Gasteiger partial charge in [0, 0.05) is 18.4 Å². The Kier molecular flexibility index (Phi) is 4.15. The molecule has 1 saturated carbocycles. The number of nitrogens with zero attached hydrogens (tertiary/aromatic N) is 1. The molecule has 3 N–H and O–H groups in total. The number of carbonyl (C=O) groups excluding carboxylic acids is 2. The second-order valence-electron chi connectivity index (χ2n) is 12.1.